The summed E-state index contributed by atoms with van der Waals surface area (Å²) in [6.45, 7) is 0. The van der Waals surface area contributed by atoms with Gasteiger partial charge in [-0.25, -0.2) is 4.98 Å². The van der Waals surface area contributed by atoms with Gasteiger partial charge in [0.2, 0.25) is 5.91 Å². The molecular weight excluding hydrogens is 320 g/mol. The van der Waals surface area contributed by atoms with Crippen LogP contribution in [0, 0.1) is 11.3 Å². The number of hydrogen-bond acceptors (Lipinski definition) is 2. The van der Waals surface area contributed by atoms with E-state index in [2.05, 4.69) is 10.3 Å². The van der Waals surface area contributed by atoms with Crippen molar-refractivity contribution in [1.29, 1.82) is 0 Å². The lowest BCUT2D eigenvalue weighted by atomic mass is 9.60. The summed E-state index contributed by atoms with van der Waals surface area (Å²) in [4.78, 5) is 17.1. The molecule has 2 saturated carbocycles. The van der Waals surface area contributed by atoms with E-state index in [1.807, 2.05) is 24.3 Å². The van der Waals surface area contributed by atoms with Gasteiger partial charge in [-0.3, -0.25) is 4.79 Å². The fourth-order valence-corrected chi connectivity index (χ4v) is 5.00. The van der Waals surface area contributed by atoms with Gasteiger partial charge in [0.15, 0.2) is 0 Å². The first kappa shape index (κ1) is 15.9. The average Bonchev–Trinajstić information content (AvgIpc) is 2.54. The standard InChI is InChI=1S/C20H23ClN2O/c21-18-9-8-15-16(22-18)6-1-7-17(15)23-19(24)13-20-10-2-4-14(12-20)5-3-11-20/h1,6-9,14H,2-5,10-13H2,(H,23,24). The van der Waals surface area contributed by atoms with Crippen molar-refractivity contribution >= 4 is 34.1 Å². The predicted molar refractivity (Wildman–Crippen MR) is 98.2 cm³/mol. The highest BCUT2D eigenvalue weighted by atomic mass is 35.5. The Bertz CT molecular complexity index is 763. The molecule has 4 rings (SSSR count). The molecule has 2 bridgehead atoms. The number of fused-ring (bicyclic) bond motifs is 3. The van der Waals surface area contributed by atoms with E-state index in [0.29, 0.717) is 11.6 Å². The third kappa shape index (κ3) is 3.14. The molecular formula is C20H23ClN2O. The number of nitrogens with one attached hydrogen (secondary N) is 1. The topological polar surface area (TPSA) is 42.0 Å². The number of anilines is 1. The van der Waals surface area contributed by atoms with Crippen LogP contribution < -0.4 is 5.32 Å². The van der Waals surface area contributed by atoms with Crippen molar-refractivity contribution in [2.45, 2.75) is 51.4 Å². The SMILES string of the molecule is O=C(CC12CCCC(CCC1)C2)Nc1cccc2nc(Cl)ccc12. The number of pyridine rings is 1. The van der Waals surface area contributed by atoms with Gasteiger partial charge in [0.05, 0.1) is 11.2 Å². The predicted octanol–water partition coefficient (Wildman–Crippen LogP) is 5.58. The highest BCUT2D eigenvalue weighted by Gasteiger charge is 2.40. The molecule has 0 saturated heterocycles. The molecule has 0 unspecified atom stereocenters. The quantitative estimate of drug-likeness (QED) is 0.740. The minimum absolute atomic E-state index is 0.139. The third-order valence-corrected chi connectivity index (χ3v) is 6.08. The molecule has 1 N–H and O–H groups in total. The minimum Gasteiger partial charge on any atom is -0.325 e. The van der Waals surface area contributed by atoms with Gasteiger partial charge in [-0.2, -0.15) is 0 Å². The molecule has 2 fully saturated rings. The van der Waals surface area contributed by atoms with Crippen LogP contribution in [0.15, 0.2) is 30.3 Å². The zero-order valence-corrected chi connectivity index (χ0v) is 14.6. The summed E-state index contributed by atoms with van der Waals surface area (Å²) < 4.78 is 0. The van der Waals surface area contributed by atoms with E-state index in [-0.39, 0.29) is 11.3 Å². The van der Waals surface area contributed by atoms with Crippen LogP contribution in [-0.2, 0) is 4.79 Å². The highest BCUT2D eigenvalue weighted by molar-refractivity contribution is 6.29. The molecule has 1 aromatic heterocycles. The van der Waals surface area contributed by atoms with Crippen LogP contribution in [0.3, 0.4) is 0 Å². The Morgan fingerprint density at radius 1 is 1.21 bits per heavy atom. The number of hydrogen-bond donors (Lipinski definition) is 1. The first-order valence-corrected chi connectivity index (χ1v) is 9.37. The lowest BCUT2D eigenvalue weighted by molar-refractivity contribution is -0.120. The van der Waals surface area contributed by atoms with Crippen LogP contribution in [0.25, 0.3) is 10.9 Å². The molecule has 2 aliphatic rings. The van der Waals surface area contributed by atoms with Gasteiger partial charge in [0.1, 0.15) is 5.15 Å². The largest absolute Gasteiger partial charge is 0.325 e. The molecule has 1 amide bonds. The summed E-state index contributed by atoms with van der Waals surface area (Å²) in [5, 5.41) is 4.54. The smallest absolute Gasteiger partial charge is 0.224 e. The van der Waals surface area contributed by atoms with E-state index in [1.54, 1.807) is 6.07 Å². The second-order valence-corrected chi connectivity index (χ2v) is 7.97. The summed E-state index contributed by atoms with van der Waals surface area (Å²) in [5.41, 5.74) is 1.90. The fourth-order valence-electron chi connectivity index (χ4n) is 4.84. The molecule has 4 heteroatoms. The van der Waals surface area contributed by atoms with Crippen molar-refractivity contribution in [3.8, 4) is 0 Å². The molecule has 24 heavy (non-hydrogen) atoms. The van der Waals surface area contributed by atoms with Gasteiger partial charge in [0.25, 0.3) is 0 Å². The fraction of sp³-hybridized carbons (Fsp3) is 0.500. The number of benzene rings is 1. The molecule has 1 heterocycles. The molecule has 2 aromatic rings. The van der Waals surface area contributed by atoms with Crippen molar-refractivity contribution in [2.24, 2.45) is 11.3 Å². The van der Waals surface area contributed by atoms with Crippen LogP contribution in [0.2, 0.25) is 5.15 Å². The first-order chi connectivity index (χ1) is 11.6. The van der Waals surface area contributed by atoms with Gasteiger partial charge in [-0.1, -0.05) is 43.4 Å². The van der Waals surface area contributed by atoms with Crippen LogP contribution in [0.5, 0.6) is 0 Å². The summed E-state index contributed by atoms with van der Waals surface area (Å²) >= 11 is 5.96. The highest BCUT2D eigenvalue weighted by Crippen LogP contribution is 2.51. The van der Waals surface area contributed by atoms with Crippen molar-refractivity contribution < 1.29 is 4.79 Å². The van der Waals surface area contributed by atoms with Crippen molar-refractivity contribution in [1.82, 2.24) is 4.98 Å². The molecule has 126 valence electrons. The normalized spacial score (nSPS) is 26.3. The van der Waals surface area contributed by atoms with Gasteiger partial charge >= 0.3 is 0 Å². The average molecular weight is 343 g/mol. The molecule has 0 radical (unpaired) electrons. The number of carbonyl (C=O) groups excluding carboxylic acids is 1. The maximum absolute atomic E-state index is 12.7. The Morgan fingerprint density at radius 3 is 2.79 bits per heavy atom. The monoisotopic (exact) mass is 342 g/mol. The zero-order chi connectivity index (χ0) is 16.6. The number of nitrogens with zero attached hydrogens (tertiary/aromatic N) is 1. The zero-order valence-electron chi connectivity index (χ0n) is 13.9. The van der Waals surface area contributed by atoms with E-state index in [1.165, 1.54) is 44.9 Å². The first-order valence-electron chi connectivity index (χ1n) is 8.99. The Kier molecular flexibility index (Phi) is 4.21. The molecule has 2 aliphatic carbocycles. The summed E-state index contributed by atoms with van der Waals surface area (Å²) in [5.74, 6) is 0.990. The van der Waals surface area contributed by atoms with Crippen LogP contribution in [-0.4, -0.2) is 10.9 Å². The van der Waals surface area contributed by atoms with Crippen LogP contribution in [0.1, 0.15) is 51.4 Å². The summed E-state index contributed by atoms with van der Waals surface area (Å²) in [6.07, 6.45) is 9.61. The molecule has 3 nitrogen and oxygen atoms in total. The number of aromatic nitrogens is 1. The number of rotatable bonds is 3. The third-order valence-electron chi connectivity index (χ3n) is 5.87. The number of halogens is 1. The lowest BCUT2D eigenvalue weighted by Crippen LogP contribution is -2.36. The Morgan fingerprint density at radius 2 is 2.00 bits per heavy atom. The van der Waals surface area contributed by atoms with E-state index in [0.717, 1.165) is 22.5 Å². The summed E-state index contributed by atoms with van der Waals surface area (Å²) in [7, 11) is 0. The van der Waals surface area contributed by atoms with Crippen LogP contribution >= 0.6 is 11.6 Å². The maximum atomic E-state index is 12.7. The van der Waals surface area contributed by atoms with Crippen molar-refractivity contribution in [3.05, 3.63) is 35.5 Å². The van der Waals surface area contributed by atoms with E-state index in [9.17, 15) is 4.79 Å². The van der Waals surface area contributed by atoms with Gasteiger partial charge in [0, 0.05) is 11.8 Å². The lowest BCUT2D eigenvalue weighted by Gasteiger charge is -2.45. The molecule has 1 aromatic carbocycles. The second-order valence-electron chi connectivity index (χ2n) is 7.59. The molecule has 0 atom stereocenters. The van der Waals surface area contributed by atoms with E-state index in [4.69, 9.17) is 11.6 Å². The summed E-state index contributed by atoms with van der Waals surface area (Å²) in [6, 6.07) is 9.47. The minimum atomic E-state index is 0.139. The Labute approximate surface area is 147 Å². The van der Waals surface area contributed by atoms with E-state index >= 15 is 0 Å². The maximum Gasteiger partial charge on any atom is 0.224 e. The number of amides is 1. The Balaban J connectivity index is 1.52. The van der Waals surface area contributed by atoms with Crippen LogP contribution in [0.4, 0.5) is 5.69 Å². The second kappa shape index (κ2) is 6.36. The van der Waals surface area contributed by atoms with E-state index < -0.39 is 0 Å². The Hall–Kier alpha value is -1.61. The van der Waals surface area contributed by atoms with Gasteiger partial charge in [-0.15, -0.1) is 0 Å². The molecule has 0 spiro atoms. The number of carbonyl (C=O) groups is 1. The van der Waals surface area contributed by atoms with Crippen molar-refractivity contribution in [3.63, 3.8) is 0 Å². The van der Waals surface area contributed by atoms with Crippen molar-refractivity contribution in [2.75, 3.05) is 5.32 Å². The van der Waals surface area contributed by atoms with Gasteiger partial charge in [-0.05, 0) is 54.9 Å². The molecule has 0 aliphatic heterocycles. The van der Waals surface area contributed by atoms with Gasteiger partial charge < -0.3 is 5.32 Å².